The van der Waals surface area contributed by atoms with Gasteiger partial charge in [0.2, 0.25) is 0 Å². The molecule has 0 amide bonds. The standard InChI is InChI=1S/C13H8INO3/c14-12-8-10(15(17)18)6-7-11(12)13(16)9-4-2-1-3-5-9/h1-8H. The number of carbonyl (C=O) groups is 1. The smallest absolute Gasteiger partial charge is 0.270 e. The highest BCUT2D eigenvalue weighted by atomic mass is 127. The summed E-state index contributed by atoms with van der Waals surface area (Å²) in [7, 11) is 0. The molecule has 18 heavy (non-hydrogen) atoms. The van der Waals surface area contributed by atoms with Gasteiger partial charge in [-0.2, -0.15) is 0 Å². The number of halogens is 1. The maximum absolute atomic E-state index is 12.2. The van der Waals surface area contributed by atoms with Crippen LogP contribution in [0.3, 0.4) is 0 Å². The molecule has 2 aromatic carbocycles. The Morgan fingerprint density at radius 1 is 1.11 bits per heavy atom. The monoisotopic (exact) mass is 353 g/mol. The first-order chi connectivity index (χ1) is 8.59. The Hall–Kier alpha value is -1.76. The second-order valence-electron chi connectivity index (χ2n) is 3.62. The Morgan fingerprint density at radius 3 is 2.33 bits per heavy atom. The van der Waals surface area contributed by atoms with Crippen LogP contribution < -0.4 is 0 Å². The highest BCUT2D eigenvalue weighted by Gasteiger charge is 2.15. The minimum absolute atomic E-state index is 0.0102. The third-order valence-electron chi connectivity index (χ3n) is 2.44. The number of non-ortho nitro benzene ring substituents is 1. The first-order valence-electron chi connectivity index (χ1n) is 5.13. The van der Waals surface area contributed by atoms with Crippen molar-refractivity contribution >= 4 is 34.1 Å². The van der Waals surface area contributed by atoms with Crippen LogP contribution in [-0.2, 0) is 0 Å². The summed E-state index contributed by atoms with van der Waals surface area (Å²) in [4.78, 5) is 22.3. The first-order valence-corrected chi connectivity index (χ1v) is 6.21. The second-order valence-corrected chi connectivity index (χ2v) is 4.78. The van der Waals surface area contributed by atoms with E-state index < -0.39 is 4.92 Å². The molecule has 0 unspecified atom stereocenters. The highest BCUT2D eigenvalue weighted by Crippen LogP contribution is 2.22. The molecule has 0 heterocycles. The summed E-state index contributed by atoms with van der Waals surface area (Å²) >= 11 is 1.94. The maximum atomic E-state index is 12.2. The SMILES string of the molecule is O=C(c1ccccc1)c1ccc([N+](=O)[O-])cc1I. The van der Waals surface area contributed by atoms with E-state index in [1.807, 2.05) is 28.7 Å². The van der Waals surface area contributed by atoms with E-state index in [4.69, 9.17) is 0 Å². The predicted molar refractivity (Wildman–Crippen MR) is 75.7 cm³/mol. The average Bonchev–Trinajstić information content (AvgIpc) is 2.38. The van der Waals surface area contributed by atoms with Gasteiger partial charge < -0.3 is 0 Å². The topological polar surface area (TPSA) is 60.2 Å². The van der Waals surface area contributed by atoms with Gasteiger partial charge in [0.1, 0.15) is 0 Å². The van der Waals surface area contributed by atoms with Crippen LogP contribution in [0.15, 0.2) is 48.5 Å². The molecule has 0 spiro atoms. The summed E-state index contributed by atoms with van der Waals surface area (Å²) in [5, 5.41) is 10.6. The van der Waals surface area contributed by atoms with Crippen LogP contribution in [-0.4, -0.2) is 10.7 Å². The van der Waals surface area contributed by atoms with Crippen molar-refractivity contribution in [1.29, 1.82) is 0 Å². The lowest BCUT2D eigenvalue weighted by molar-refractivity contribution is -0.384. The zero-order valence-corrected chi connectivity index (χ0v) is 11.3. The third-order valence-corrected chi connectivity index (χ3v) is 3.34. The highest BCUT2D eigenvalue weighted by molar-refractivity contribution is 14.1. The number of benzene rings is 2. The molecule has 5 heteroatoms. The lowest BCUT2D eigenvalue weighted by Gasteiger charge is -2.03. The molecule has 90 valence electrons. The summed E-state index contributed by atoms with van der Waals surface area (Å²) in [6.07, 6.45) is 0. The minimum atomic E-state index is -0.473. The van der Waals surface area contributed by atoms with Gasteiger partial charge in [0.05, 0.1) is 4.92 Å². The fraction of sp³-hybridized carbons (Fsp3) is 0. The van der Waals surface area contributed by atoms with Crippen LogP contribution in [0, 0.1) is 13.7 Å². The van der Waals surface area contributed by atoms with Crippen molar-refractivity contribution in [3.05, 3.63) is 73.3 Å². The van der Waals surface area contributed by atoms with Crippen molar-refractivity contribution in [2.24, 2.45) is 0 Å². The molecule has 0 atom stereocenters. The van der Waals surface area contributed by atoms with Gasteiger partial charge in [-0.25, -0.2) is 0 Å². The number of nitrogens with zero attached hydrogens (tertiary/aromatic N) is 1. The van der Waals surface area contributed by atoms with Crippen molar-refractivity contribution in [2.75, 3.05) is 0 Å². The Balaban J connectivity index is 2.41. The number of carbonyl (C=O) groups excluding carboxylic acids is 1. The number of hydrogen-bond donors (Lipinski definition) is 0. The fourth-order valence-corrected chi connectivity index (χ4v) is 2.29. The van der Waals surface area contributed by atoms with Gasteiger partial charge in [0.25, 0.3) is 5.69 Å². The van der Waals surface area contributed by atoms with Crippen molar-refractivity contribution in [3.63, 3.8) is 0 Å². The van der Waals surface area contributed by atoms with E-state index in [2.05, 4.69) is 0 Å². The zero-order valence-electron chi connectivity index (χ0n) is 9.17. The summed E-state index contributed by atoms with van der Waals surface area (Å²) in [5.41, 5.74) is 1.04. The second kappa shape index (κ2) is 5.26. The van der Waals surface area contributed by atoms with E-state index in [1.54, 1.807) is 24.3 Å². The van der Waals surface area contributed by atoms with E-state index in [9.17, 15) is 14.9 Å². The Labute approximate surface area is 117 Å². The number of nitro groups is 1. The van der Waals surface area contributed by atoms with Gasteiger partial charge in [-0.3, -0.25) is 14.9 Å². The molecule has 0 saturated heterocycles. The van der Waals surface area contributed by atoms with Crippen LogP contribution in [0.2, 0.25) is 0 Å². The summed E-state index contributed by atoms with van der Waals surface area (Å²) in [5.74, 6) is -0.130. The van der Waals surface area contributed by atoms with E-state index in [0.29, 0.717) is 14.7 Å². The van der Waals surface area contributed by atoms with Gasteiger partial charge in [-0.1, -0.05) is 30.3 Å². The molecule has 0 radical (unpaired) electrons. The minimum Gasteiger partial charge on any atom is -0.289 e. The molecule has 2 aromatic rings. The lowest BCUT2D eigenvalue weighted by atomic mass is 10.0. The van der Waals surface area contributed by atoms with Crippen LogP contribution in [0.4, 0.5) is 5.69 Å². The van der Waals surface area contributed by atoms with Crippen LogP contribution in [0.25, 0.3) is 0 Å². The van der Waals surface area contributed by atoms with Gasteiger partial charge in [0, 0.05) is 26.8 Å². The maximum Gasteiger partial charge on any atom is 0.270 e. The molecule has 0 aliphatic carbocycles. The number of hydrogen-bond acceptors (Lipinski definition) is 3. The van der Waals surface area contributed by atoms with E-state index in [0.717, 1.165) is 0 Å². The predicted octanol–water partition coefficient (Wildman–Crippen LogP) is 3.43. The zero-order chi connectivity index (χ0) is 13.1. The molecule has 0 aromatic heterocycles. The molecule has 0 bridgehead atoms. The number of nitro benzene ring substituents is 1. The molecule has 0 fully saturated rings. The van der Waals surface area contributed by atoms with E-state index >= 15 is 0 Å². The molecule has 0 aliphatic rings. The molecule has 0 aliphatic heterocycles. The number of rotatable bonds is 3. The molecule has 0 N–H and O–H groups in total. The summed E-state index contributed by atoms with van der Waals surface area (Å²) in [6, 6.07) is 13.1. The van der Waals surface area contributed by atoms with Crippen molar-refractivity contribution in [1.82, 2.24) is 0 Å². The van der Waals surface area contributed by atoms with Gasteiger partial charge in [-0.05, 0) is 28.7 Å². The van der Waals surface area contributed by atoms with Crippen LogP contribution in [0.5, 0.6) is 0 Å². The summed E-state index contributed by atoms with van der Waals surface area (Å²) < 4.78 is 0.579. The van der Waals surface area contributed by atoms with Crippen LogP contribution in [0.1, 0.15) is 15.9 Å². The van der Waals surface area contributed by atoms with Crippen molar-refractivity contribution in [2.45, 2.75) is 0 Å². The van der Waals surface area contributed by atoms with E-state index in [1.165, 1.54) is 18.2 Å². The normalized spacial score (nSPS) is 10.1. The fourth-order valence-electron chi connectivity index (χ4n) is 1.55. The Bertz CT molecular complexity index is 611. The van der Waals surface area contributed by atoms with Crippen molar-refractivity contribution < 1.29 is 9.72 Å². The largest absolute Gasteiger partial charge is 0.289 e. The molecular formula is C13H8INO3. The third kappa shape index (κ3) is 2.56. The molecule has 2 rings (SSSR count). The molecule has 4 nitrogen and oxygen atoms in total. The number of ketones is 1. The van der Waals surface area contributed by atoms with Crippen LogP contribution >= 0.6 is 22.6 Å². The first kappa shape index (κ1) is 12.7. The summed E-state index contributed by atoms with van der Waals surface area (Å²) in [6.45, 7) is 0. The Kier molecular flexibility index (Phi) is 3.71. The van der Waals surface area contributed by atoms with Gasteiger partial charge >= 0.3 is 0 Å². The Morgan fingerprint density at radius 2 is 1.78 bits per heavy atom. The van der Waals surface area contributed by atoms with Gasteiger partial charge in [-0.15, -0.1) is 0 Å². The van der Waals surface area contributed by atoms with Gasteiger partial charge in [0.15, 0.2) is 5.78 Å². The quantitative estimate of drug-likeness (QED) is 0.368. The average molecular weight is 353 g/mol. The van der Waals surface area contributed by atoms with E-state index in [-0.39, 0.29) is 11.5 Å². The molecule has 0 saturated carbocycles. The molecular weight excluding hydrogens is 345 g/mol. The lowest BCUT2D eigenvalue weighted by Crippen LogP contribution is -2.04. The van der Waals surface area contributed by atoms with Crippen molar-refractivity contribution in [3.8, 4) is 0 Å².